The minimum atomic E-state index is -0.762. The minimum Gasteiger partial charge on any atom is -0.378 e. The van der Waals surface area contributed by atoms with Crippen molar-refractivity contribution in [2.75, 3.05) is 31.4 Å². The van der Waals surface area contributed by atoms with E-state index in [0.717, 1.165) is 11.3 Å². The Balaban J connectivity index is 1.88. The van der Waals surface area contributed by atoms with E-state index >= 15 is 0 Å². The van der Waals surface area contributed by atoms with Crippen LogP contribution in [0.5, 0.6) is 0 Å². The fourth-order valence-corrected chi connectivity index (χ4v) is 2.55. The van der Waals surface area contributed by atoms with Crippen molar-refractivity contribution >= 4 is 28.9 Å². The number of hydrogen-bond donors (Lipinski definition) is 2. The van der Waals surface area contributed by atoms with Crippen LogP contribution < -0.4 is 15.6 Å². The molecule has 7 nitrogen and oxygen atoms in total. The Labute approximate surface area is 165 Å². The molecule has 28 heavy (non-hydrogen) atoms. The second-order valence-corrected chi connectivity index (χ2v) is 6.52. The van der Waals surface area contributed by atoms with Crippen molar-refractivity contribution in [2.45, 2.75) is 19.4 Å². The van der Waals surface area contributed by atoms with Crippen LogP contribution in [0.4, 0.5) is 11.4 Å². The molecule has 148 valence electrons. The molecule has 0 fully saturated rings. The molecule has 0 spiro atoms. The van der Waals surface area contributed by atoms with Crippen molar-refractivity contribution in [3.8, 4) is 0 Å². The standard InChI is InChI=1S/C21H26N4O3/c1-15(14-19(26)22-17-10-12-18(13-11-17)25(2)3)23-24-21(27)20(28-4)16-8-6-5-7-9-16/h5-13,20H,14H2,1-4H3,(H,22,26)(H,24,27)/b23-15-/t20-/m0/s1. The first-order chi connectivity index (χ1) is 13.4. The molecule has 0 unspecified atom stereocenters. The summed E-state index contributed by atoms with van der Waals surface area (Å²) in [6.45, 7) is 1.68. The van der Waals surface area contributed by atoms with Crippen molar-refractivity contribution < 1.29 is 14.3 Å². The Kier molecular flexibility index (Phi) is 7.71. The number of anilines is 2. The molecular formula is C21H26N4O3. The number of carbonyl (C=O) groups is 2. The quantitative estimate of drug-likeness (QED) is 0.543. The van der Waals surface area contributed by atoms with Crippen LogP contribution in [-0.2, 0) is 14.3 Å². The highest BCUT2D eigenvalue weighted by atomic mass is 16.5. The predicted molar refractivity (Wildman–Crippen MR) is 111 cm³/mol. The van der Waals surface area contributed by atoms with Crippen molar-refractivity contribution in [1.82, 2.24) is 5.43 Å². The third-order valence-electron chi connectivity index (χ3n) is 4.02. The molecule has 0 bridgehead atoms. The van der Waals surface area contributed by atoms with E-state index in [9.17, 15) is 9.59 Å². The van der Waals surface area contributed by atoms with Crippen LogP contribution in [0.1, 0.15) is 25.0 Å². The van der Waals surface area contributed by atoms with Crippen LogP contribution >= 0.6 is 0 Å². The van der Waals surface area contributed by atoms with Gasteiger partial charge in [-0.15, -0.1) is 0 Å². The highest BCUT2D eigenvalue weighted by molar-refractivity contribution is 6.05. The molecule has 0 aliphatic rings. The number of benzene rings is 2. The van der Waals surface area contributed by atoms with Gasteiger partial charge < -0.3 is 15.0 Å². The van der Waals surface area contributed by atoms with E-state index in [1.807, 2.05) is 61.5 Å². The number of hydrogen-bond acceptors (Lipinski definition) is 5. The lowest BCUT2D eigenvalue weighted by atomic mass is 10.1. The minimum absolute atomic E-state index is 0.0682. The van der Waals surface area contributed by atoms with Crippen molar-refractivity contribution in [2.24, 2.45) is 5.10 Å². The van der Waals surface area contributed by atoms with Gasteiger partial charge in [0.05, 0.1) is 6.42 Å². The average molecular weight is 382 g/mol. The first-order valence-corrected chi connectivity index (χ1v) is 8.88. The first-order valence-electron chi connectivity index (χ1n) is 8.88. The molecule has 0 saturated carbocycles. The highest BCUT2D eigenvalue weighted by Crippen LogP contribution is 2.17. The largest absolute Gasteiger partial charge is 0.378 e. The summed E-state index contributed by atoms with van der Waals surface area (Å²) in [7, 11) is 5.37. The molecule has 0 aliphatic heterocycles. The van der Waals surface area contributed by atoms with E-state index in [1.54, 1.807) is 19.1 Å². The Hall–Kier alpha value is -3.19. The number of nitrogens with one attached hydrogen (secondary N) is 2. The molecule has 2 amide bonds. The fraction of sp³-hybridized carbons (Fsp3) is 0.286. The Morgan fingerprint density at radius 1 is 1.07 bits per heavy atom. The number of rotatable bonds is 8. The van der Waals surface area contributed by atoms with Gasteiger partial charge in [-0.2, -0.15) is 5.10 Å². The Bertz CT molecular complexity index is 817. The summed E-state index contributed by atoms with van der Waals surface area (Å²) in [4.78, 5) is 26.4. The molecular weight excluding hydrogens is 356 g/mol. The molecule has 7 heteroatoms. The number of carbonyl (C=O) groups excluding carboxylic acids is 2. The zero-order valence-corrected chi connectivity index (χ0v) is 16.6. The van der Waals surface area contributed by atoms with Crippen LogP contribution in [0.15, 0.2) is 59.7 Å². The van der Waals surface area contributed by atoms with Gasteiger partial charge in [0, 0.05) is 38.3 Å². The molecule has 0 radical (unpaired) electrons. The molecule has 1 atom stereocenters. The van der Waals surface area contributed by atoms with E-state index in [4.69, 9.17) is 4.74 Å². The summed E-state index contributed by atoms with van der Waals surface area (Å²) in [6.07, 6.45) is -0.694. The van der Waals surface area contributed by atoms with Gasteiger partial charge in [0.15, 0.2) is 6.10 Å². The smallest absolute Gasteiger partial charge is 0.273 e. The lowest BCUT2D eigenvalue weighted by Crippen LogP contribution is -2.28. The lowest BCUT2D eigenvalue weighted by Gasteiger charge is -2.14. The summed E-state index contributed by atoms with van der Waals surface area (Å²) in [5.41, 5.74) is 5.43. The van der Waals surface area contributed by atoms with Gasteiger partial charge >= 0.3 is 0 Å². The van der Waals surface area contributed by atoms with Gasteiger partial charge in [0.25, 0.3) is 5.91 Å². The fourth-order valence-electron chi connectivity index (χ4n) is 2.55. The maximum absolute atomic E-state index is 12.3. The zero-order valence-electron chi connectivity index (χ0n) is 16.6. The SMILES string of the molecule is CO[C@H](C(=O)N/N=C(/C)CC(=O)Nc1ccc(N(C)C)cc1)c1ccccc1. The normalized spacial score (nSPS) is 12.2. The van der Waals surface area contributed by atoms with Crippen molar-refractivity contribution in [3.05, 3.63) is 60.2 Å². The van der Waals surface area contributed by atoms with Gasteiger partial charge in [0.1, 0.15) is 0 Å². The van der Waals surface area contributed by atoms with Crippen molar-refractivity contribution in [1.29, 1.82) is 0 Å². The lowest BCUT2D eigenvalue weighted by molar-refractivity contribution is -0.131. The second kappa shape index (κ2) is 10.2. The van der Waals surface area contributed by atoms with Crippen molar-refractivity contribution in [3.63, 3.8) is 0 Å². The van der Waals surface area contributed by atoms with Crippen LogP contribution in [0.25, 0.3) is 0 Å². The first kappa shape index (κ1) is 21.1. The van der Waals surface area contributed by atoms with Crippen LogP contribution in [0.2, 0.25) is 0 Å². The van der Waals surface area contributed by atoms with E-state index in [2.05, 4.69) is 15.8 Å². The molecule has 2 aromatic carbocycles. The summed E-state index contributed by atoms with van der Waals surface area (Å²) in [5.74, 6) is -0.604. The summed E-state index contributed by atoms with van der Waals surface area (Å²) >= 11 is 0. The molecule has 0 aliphatic carbocycles. The van der Waals surface area contributed by atoms with Gasteiger partial charge in [-0.05, 0) is 36.8 Å². The zero-order chi connectivity index (χ0) is 20.5. The summed E-state index contributed by atoms with van der Waals surface area (Å²) in [5, 5.41) is 6.82. The third kappa shape index (κ3) is 6.21. The summed E-state index contributed by atoms with van der Waals surface area (Å²) in [6, 6.07) is 16.7. The maximum Gasteiger partial charge on any atom is 0.273 e. The van der Waals surface area contributed by atoms with Gasteiger partial charge in [-0.3, -0.25) is 9.59 Å². The number of methoxy groups -OCH3 is 1. The average Bonchev–Trinajstić information content (AvgIpc) is 2.68. The maximum atomic E-state index is 12.3. The van der Waals surface area contributed by atoms with E-state index < -0.39 is 12.0 Å². The Morgan fingerprint density at radius 2 is 1.71 bits per heavy atom. The number of ether oxygens (including phenoxy) is 1. The van der Waals surface area contributed by atoms with Crippen LogP contribution in [0.3, 0.4) is 0 Å². The van der Waals surface area contributed by atoms with Gasteiger partial charge in [-0.1, -0.05) is 30.3 Å². The molecule has 2 aromatic rings. The van der Waals surface area contributed by atoms with Gasteiger partial charge in [-0.25, -0.2) is 5.43 Å². The van der Waals surface area contributed by atoms with Crippen LogP contribution in [-0.4, -0.2) is 38.7 Å². The van der Waals surface area contributed by atoms with E-state index in [0.29, 0.717) is 11.4 Å². The van der Waals surface area contributed by atoms with Crippen LogP contribution in [0, 0.1) is 0 Å². The second-order valence-electron chi connectivity index (χ2n) is 6.52. The highest BCUT2D eigenvalue weighted by Gasteiger charge is 2.19. The topological polar surface area (TPSA) is 83.0 Å². The molecule has 0 aromatic heterocycles. The molecule has 2 N–H and O–H groups in total. The summed E-state index contributed by atoms with van der Waals surface area (Å²) < 4.78 is 5.25. The number of nitrogens with zero attached hydrogens (tertiary/aromatic N) is 2. The predicted octanol–water partition coefficient (Wildman–Crippen LogP) is 2.96. The molecule has 0 saturated heterocycles. The van der Waals surface area contributed by atoms with E-state index in [1.165, 1.54) is 7.11 Å². The molecule has 2 rings (SSSR count). The number of amides is 2. The third-order valence-corrected chi connectivity index (χ3v) is 4.02. The Morgan fingerprint density at radius 3 is 2.29 bits per heavy atom. The monoisotopic (exact) mass is 382 g/mol. The molecule has 0 heterocycles. The van der Waals surface area contributed by atoms with Gasteiger partial charge in [0.2, 0.25) is 5.91 Å². The van der Waals surface area contributed by atoms with E-state index in [-0.39, 0.29) is 12.3 Å². The number of hydrazone groups is 1.